The Balaban J connectivity index is 1.78. The predicted octanol–water partition coefficient (Wildman–Crippen LogP) is 3.95. The molecule has 6 nitrogen and oxygen atoms in total. The minimum absolute atomic E-state index is 0.0410. The van der Waals surface area contributed by atoms with Crippen molar-refractivity contribution in [3.63, 3.8) is 0 Å². The van der Waals surface area contributed by atoms with Gasteiger partial charge in [0.2, 0.25) is 0 Å². The lowest BCUT2D eigenvalue weighted by atomic mass is 9.70. The number of benzene rings is 1. The lowest BCUT2D eigenvalue weighted by molar-refractivity contribution is -0.384. The summed E-state index contributed by atoms with van der Waals surface area (Å²) >= 11 is 0. The fraction of sp³-hybridized carbons (Fsp3) is 0.529. The fourth-order valence-electron chi connectivity index (χ4n) is 3.96. The summed E-state index contributed by atoms with van der Waals surface area (Å²) in [5, 5.41) is 14.9. The van der Waals surface area contributed by atoms with Crippen molar-refractivity contribution in [2.45, 2.75) is 40.0 Å². The zero-order chi connectivity index (χ0) is 16.8. The molecule has 2 bridgehead atoms. The smallest absolute Gasteiger partial charge is 0.313 e. The summed E-state index contributed by atoms with van der Waals surface area (Å²) in [6.07, 6.45) is 3.09. The van der Waals surface area contributed by atoms with Crippen molar-refractivity contribution >= 4 is 17.4 Å². The van der Waals surface area contributed by atoms with Crippen molar-refractivity contribution < 1.29 is 14.6 Å². The molecule has 0 heterocycles. The molecular formula is C17H20N2O4. The zero-order valence-corrected chi connectivity index (χ0v) is 13.5. The van der Waals surface area contributed by atoms with Crippen molar-refractivity contribution in [3.05, 3.63) is 39.9 Å². The Morgan fingerprint density at radius 2 is 2.13 bits per heavy atom. The molecule has 0 spiro atoms. The van der Waals surface area contributed by atoms with Crippen LogP contribution in [0, 0.1) is 26.9 Å². The summed E-state index contributed by atoms with van der Waals surface area (Å²) < 4.78 is 0. The molecule has 6 heteroatoms. The van der Waals surface area contributed by atoms with E-state index in [0.717, 1.165) is 18.6 Å². The maximum absolute atomic E-state index is 12.1. The third-order valence-corrected chi connectivity index (χ3v) is 6.04. The van der Waals surface area contributed by atoms with Crippen LogP contribution in [0.15, 0.2) is 29.4 Å². The topological polar surface area (TPSA) is 81.8 Å². The first-order valence-electron chi connectivity index (χ1n) is 7.79. The quantitative estimate of drug-likeness (QED) is 0.480. The first-order valence-corrected chi connectivity index (χ1v) is 7.79. The lowest BCUT2D eigenvalue weighted by Crippen LogP contribution is -2.32. The van der Waals surface area contributed by atoms with Crippen molar-refractivity contribution in [1.29, 1.82) is 0 Å². The Bertz CT molecular complexity index is 710. The van der Waals surface area contributed by atoms with Crippen LogP contribution in [-0.4, -0.2) is 16.6 Å². The van der Waals surface area contributed by atoms with E-state index in [4.69, 9.17) is 4.84 Å². The summed E-state index contributed by atoms with van der Waals surface area (Å²) in [4.78, 5) is 27.4. The van der Waals surface area contributed by atoms with E-state index in [-0.39, 0.29) is 22.1 Å². The molecule has 0 N–H and O–H groups in total. The number of hydrogen-bond acceptors (Lipinski definition) is 5. The van der Waals surface area contributed by atoms with Crippen LogP contribution in [0.4, 0.5) is 5.69 Å². The first kappa shape index (κ1) is 15.6. The number of nitrogens with zero attached hydrogens (tertiary/aromatic N) is 2. The molecule has 0 unspecified atom stereocenters. The fourth-order valence-corrected chi connectivity index (χ4v) is 3.96. The standard InChI is InChI=1S/C17H20N2O4/c1-16(2)12-7-8-17(16,3)14(10-12)18-23-15(20)11-5-4-6-13(9-11)19(21)22/h4-6,9,12H,7-8,10H2,1-3H3/b18-14+/t12-,17-/m0/s1. The second kappa shape index (κ2) is 5.15. The molecule has 0 saturated heterocycles. The molecule has 2 aliphatic rings. The number of nitro groups is 1. The van der Waals surface area contributed by atoms with Gasteiger partial charge in [-0.1, -0.05) is 32.0 Å². The number of hydrogen-bond donors (Lipinski definition) is 0. The van der Waals surface area contributed by atoms with E-state index in [2.05, 4.69) is 25.9 Å². The summed E-state index contributed by atoms with van der Waals surface area (Å²) in [7, 11) is 0. The van der Waals surface area contributed by atoms with Crippen molar-refractivity contribution in [2.75, 3.05) is 0 Å². The molecule has 1 aromatic rings. The second-order valence-electron chi connectivity index (χ2n) is 7.22. The molecule has 0 amide bonds. The largest absolute Gasteiger partial charge is 0.365 e. The van der Waals surface area contributed by atoms with E-state index in [1.54, 1.807) is 0 Å². The SMILES string of the molecule is CC1(C)[C@H]2CC[C@@]1(C)/C(=N/OC(=O)c1cccc([N+](=O)[O-])c1)C2. The number of carbonyl (C=O) groups is 1. The van der Waals surface area contributed by atoms with Gasteiger partial charge in [-0.15, -0.1) is 0 Å². The highest BCUT2D eigenvalue weighted by molar-refractivity contribution is 5.95. The minimum atomic E-state index is -0.662. The number of carbonyl (C=O) groups excluding carboxylic acids is 1. The van der Waals surface area contributed by atoms with E-state index in [9.17, 15) is 14.9 Å². The average molecular weight is 316 g/mol. The molecule has 2 fully saturated rings. The summed E-state index contributed by atoms with van der Waals surface area (Å²) in [5.74, 6) is -0.0897. The Labute approximate surface area is 134 Å². The molecule has 2 aliphatic carbocycles. The molecule has 0 aromatic heterocycles. The molecule has 1 aromatic carbocycles. The van der Waals surface area contributed by atoms with E-state index >= 15 is 0 Å². The van der Waals surface area contributed by atoms with Gasteiger partial charge in [-0.3, -0.25) is 10.1 Å². The van der Waals surface area contributed by atoms with E-state index < -0.39 is 10.9 Å². The number of non-ortho nitro benzene ring substituents is 1. The third-order valence-electron chi connectivity index (χ3n) is 6.04. The highest BCUT2D eigenvalue weighted by Crippen LogP contribution is 2.63. The molecule has 122 valence electrons. The lowest BCUT2D eigenvalue weighted by Gasteiger charge is -2.34. The van der Waals surface area contributed by atoms with Crippen molar-refractivity contribution in [3.8, 4) is 0 Å². The number of oxime groups is 1. The Morgan fingerprint density at radius 3 is 2.70 bits per heavy atom. The summed E-state index contributed by atoms with van der Waals surface area (Å²) in [5.41, 5.74) is 1.04. The van der Waals surface area contributed by atoms with Crippen LogP contribution in [0.5, 0.6) is 0 Å². The van der Waals surface area contributed by atoms with Gasteiger partial charge in [0.1, 0.15) is 0 Å². The third kappa shape index (κ3) is 2.33. The van der Waals surface area contributed by atoms with Crippen LogP contribution in [0.1, 0.15) is 50.4 Å². The molecule has 23 heavy (non-hydrogen) atoms. The molecular weight excluding hydrogens is 296 g/mol. The average Bonchev–Trinajstić information content (AvgIpc) is 2.85. The molecule has 3 rings (SSSR count). The number of rotatable bonds is 3. The normalized spacial score (nSPS) is 29.7. The van der Waals surface area contributed by atoms with Crippen LogP contribution < -0.4 is 0 Å². The maximum Gasteiger partial charge on any atom is 0.365 e. The van der Waals surface area contributed by atoms with Gasteiger partial charge in [-0.2, -0.15) is 0 Å². The van der Waals surface area contributed by atoms with Crippen molar-refractivity contribution in [1.82, 2.24) is 0 Å². The molecule has 2 saturated carbocycles. The molecule has 0 radical (unpaired) electrons. The highest BCUT2D eigenvalue weighted by Gasteiger charge is 2.60. The summed E-state index contributed by atoms with van der Waals surface area (Å²) in [6.45, 7) is 6.67. The van der Waals surface area contributed by atoms with Gasteiger partial charge in [-0.25, -0.2) is 4.79 Å². The predicted molar refractivity (Wildman–Crippen MR) is 85.2 cm³/mol. The van der Waals surface area contributed by atoms with Crippen LogP contribution >= 0.6 is 0 Å². The molecule has 0 aliphatic heterocycles. The van der Waals surface area contributed by atoms with Crippen LogP contribution in [0.25, 0.3) is 0 Å². The Hall–Kier alpha value is -2.24. The van der Waals surface area contributed by atoms with E-state index in [1.165, 1.54) is 30.7 Å². The van der Waals surface area contributed by atoms with Crippen LogP contribution in [-0.2, 0) is 4.84 Å². The van der Waals surface area contributed by atoms with Gasteiger partial charge in [0.05, 0.1) is 16.2 Å². The molecule has 2 atom stereocenters. The Kier molecular flexibility index (Phi) is 3.50. The van der Waals surface area contributed by atoms with Gasteiger partial charge in [0.25, 0.3) is 5.69 Å². The van der Waals surface area contributed by atoms with Gasteiger partial charge < -0.3 is 4.84 Å². The number of nitro benzene ring substituents is 1. The van der Waals surface area contributed by atoms with Crippen LogP contribution in [0.2, 0.25) is 0 Å². The monoisotopic (exact) mass is 316 g/mol. The van der Waals surface area contributed by atoms with Gasteiger partial charge in [0, 0.05) is 17.5 Å². The van der Waals surface area contributed by atoms with E-state index in [0.29, 0.717) is 5.92 Å². The zero-order valence-electron chi connectivity index (χ0n) is 13.5. The van der Waals surface area contributed by atoms with Crippen molar-refractivity contribution in [2.24, 2.45) is 21.9 Å². The summed E-state index contributed by atoms with van der Waals surface area (Å²) in [6, 6.07) is 5.49. The minimum Gasteiger partial charge on any atom is -0.313 e. The van der Waals surface area contributed by atoms with Gasteiger partial charge in [0.15, 0.2) is 0 Å². The van der Waals surface area contributed by atoms with Gasteiger partial charge in [-0.05, 0) is 36.7 Å². The second-order valence-corrected chi connectivity index (χ2v) is 7.22. The first-order chi connectivity index (χ1) is 10.8. The highest BCUT2D eigenvalue weighted by atomic mass is 16.7. The Morgan fingerprint density at radius 1 is 1.39 bits per heavy atom. The van der Waals surface area contributed by atoms with Gasteiger partial charge >= 0.3 is 5.97 Å². The number of fused-ring (bicyclic) bond motifs is 2. The maximum atomic E-state index is 12.1. The van der Waals surface area contributed by atoms with Crippen LogP contribution in [0.3, 0.4) is 0 Å². The van der Waals surface area contributed by atoms with E-state index in [1.807, 2.05) is 0 Å².